The fraction of sp³-hybridized carbons (Fsp3) is 0.278. The summed E-state index contributed by atoms with van der Waals surface area (Å²) in [4.78, 5) is 39.3. The second-order valence-corrected chi connectivity index (χ2v) is 6.37. The molecule has 0 spiro atoms. The minimum atomic E-state index is -0.509. The number of ketones is 1. The minimum absolute atomic E-state index is 0.0376. The van der Waals surface area contributed by atoms with Gasteiger partial charge in [-0.3, -0.25) is 14.4 Å². The number of nitrogens with one attached hydrogen (secondary N) is 2. The lowest BCUT2D eigenvalue weighted by atomic mass is 9.93. The van der Waals surface area contributed by atoms with E-state index in [1.165, 1.54) is 6.07 Å². The topological polar surface area (TPSA) is 79.0 Å². The lowest BCUT2D eigenvalue weighted by molar-refractivity contribution is 0.0938. The first-order valence-electron chi connectivity index (χ1n) is 7.81. The number of carbonyl (C=O) groups is 2. The number of carbonyl (C=O) groups excluding carboxylic acids is 2. The van der Waals surface area contributed by atoms with E-state index in [1.807, 2.05) is 6.07 Å². The average molecular weight is 345 g/mol. The Morgan fingerprint density at radius 2 is 2.04 bits per heavy atom. The number of H-pyrrole nitrogens is 1. The summed E-state index contributed by atoms with van der Waals surface area (Å²) in [5.74, 6) is -0.547. The Labute approximate surface area is 144 Å². The molecular formula is C18H17ClN2O3. The molecule has 1 aliphatic carbocycles. The number of halogens is 1. The zero-order chi connectivity index (χ0) is 17.3. The summed E-state index contributed by atoms with van der Waals surface area (Å²) in [5, 5.41) is 3.35. The van der Waals surface area contributed by atoms with Gasteiger partial charge in [0.15, 0.2) is 5.78 Å². The van der Waals surface area contributed by atoms with Crippen molar-refractivity contribution in [1.82, 2.24) is 10.3 Å². The van der Waals surface area contributed by atoms with Crippen LogP contribution in [-0.4, -0.2) is 16.7 Å². The van der Waals surface area contributed by atoms with Crippen LogP contribution in [0.4, 0.5) is 0 Å². The minimum Gasteiger partial charge on any atom is -0.345 e. The maximum atomic E-state index is 12.5. The Bertz CT molecular complexity index is 873. The molecule has 0 aliphatic heterocycles. The standard InChI is InChI=1S/C18H17ClN2O3/c1-10(11-4-2-5-12(19)8-11)20-17(23)14-9-13-15(21-18(14)24)6-3-7-16(13)22/h2,4-5,8-10H,3,6-7H2,1H3,(H,20,23)(H,21,24). The molecule has 124 valence electrons. The summed E-state index contributed by atoms with van der Waals surface area (Å²) in [6.45, 7) is 1.81. The number of rotatable bonds is 3. The molecule has 1 heterocycles. The maximum Gasteiger partial charge on any atom is 0.261 e. The van der Waals surface area contributed by atoms with Gasteiger partial charge < -0.3 is 10.3 Å². The number of aryl methyl sites for hydroxylation is 1. The Hall–Kier alpha value is -2.40. The van der Waals surface area contributed by atoms with Crippen molar-refractivity contribution in [2.45, 2.75) is 32.2 Å². The predicted molar refractivity (Wildman–Crippen MR) is 91.7 cm³/mol. The maximum absolute atomic E-state index is 12.5. The van der Waals surface area contributed by atoms with Crippen LogP contribution >= 0.6 is 11.6 Å². The number of hydrogen-bond acceptors (Lipinski definition) is 3. The molecule has 0 saturated carbocycles. The summed E-state index contributed by atoms with van der Waals surface area (Å²) < 4.78 is 0. The van der Waals surface area contributed by atoms with E-state index in [9.17, 15) is 14.4 Å². The van der Waals surface area contributed by atoms with Crippen LogP contribution < -0.4 is 10.9 Å². The van der Waals surface area contributed by atoms with E-state index < -0.39 is 11.5 Å². The second-order valence-electron chi connectivity index (χ2n) is 5.93. The van der Waals surface area contributed by atoms with Crippen molar-refractivity contribution in [2.24, 2.45) is 0 Å². The average Bonchev–Trinajstić information content (AvgIpc) is 2.54. The second kappa shape index (κ2) is 6.61. The van der Waals surface area contributed by atoms with Crippen molar-refractivity contribution in [3.63, 3.8) is 0 Å². The first-order valence-corrected chi connectivity index (χ1v) is 8.19. The number of hydrogen-bond donors (Lipinski definition) is 2. The summed E-state index contributed by atoms with van der Waals surface area (Å²) in [6, 6.07) is 8.24. The highest BCUT2D eigenvalue weighted by molar-refractivity contribution is 6.30. The van der Waals surface area contributed by atoms with E-state index >= 15 is 0 Å². The molecule has 2 N–H and O–H groups in total. The van der Waals surface area contributed by atoms with Crippen LogP contribution in [-0.2, 0) is 6.42 Å². The van der Waals surface area contributed by atoms with Crippen molar-refractivity contribution in [1.29, 1.82) is 0 Å². The van der Waals surface area contributed by atoms with Gasteiger partial charge in [0.1, 0.15) is 5.56 Å². The van der Waals surface area contributed by atoms with E-state index in [2.05, 4.69) is 10.3 Å². The number of aromatic amines is 1. The molecule has 24 heavy (non-hydrogen) atoms. The van der Waals surface area contributed by atoms with Crippen molar-refractivity contribution >= 4 is 23.3 Å². The number of benzene rings is 1. The molecule has 0 fully saturated rings. The van der Waals surface area contributed by atoms with E-state index in [0.29, 0.717) is 29.1 Å². The third-order valence-corrected chi connectivity index (χ3v) is 4.43. The number of amides is 1. The number of pyridine rings is 1. The van der Waals surface area contributed by atoms with E-state index in [0.717, 1.165) is 12.0 Å². The zero-order valence-corrected chi connectivity index (χ0v) is 13.9. The van der Waals surface area contributed by atoms with Gasteiger partial charge in [-0.25, -0.2) is 0 Å². The fourth-order valence-electron chi connectivity index (χ4n) is 2.88. The molecule has 0 radical (unpaired) electrons. The van der Waals surface area contributed by atoms with Gasteiger partial charge in [-0.05, 0) is 43.5 Å². The van der Waals surface area contributed by atoms with Crippen LogP contribution in [0.15, 0.2) is 35.1 Å². The SMILES string of the molecule is CC(NC(=O)c1cc2c([nH]c1=O)CCCC2=O)c1cccc(Cl)c1. The highest BCUT2D eigenvalue weighted by Crippen LogP contribution is 2.20. The molecule has 5 nitrogen and oxygen atoms in total. The van der Waals surface area contributed by atoms with Gasteiger partial charge in [0.2, 0.25) is 0 Å². The summed E-state index contributed by atoms with van der Waals surface area (Å²) in [6.07, 6.45) is 1.81. The Morgan fingerprint density at radius 3 is 2.79 bits per heavy atom. The zero-order valence-electron chi connectivity index (χ0n) is 13.2. The van der Waals surface area contributed by atoms with E-state index in [4.69, 9.17) is 11.6 Å². The van der Waals surface area contributed by atoms with Crippen molar-refractivity contribution in [2.75, 3.05) is 0 Å². The Kier molecular flexibility index (Phi) is 4.53. The van der Waals surface area contributed by atoms with Gasteiger partial charge in [0, 0.05) is 22.7 Å². The lowest BCUT2D eigenvalue weighted by Crippen LogP contribution is -2.33. The largest absolute Gasteiger partial charge is 0.345 e. The normalized spacial score (nSPS) is 14.8. The molecular weight excluding hydrogens is 328 g/mol. The Morgan fingerprint density at radius 1 is 1.25 bits per heavy atom. The quantitative estimate of drug-likeness (QED) is 0.898. The smallest absolute Gasteiger partial charge is 0.261 e. The third-order valence-electron chi connectivity index (χ3n) is 4.19. The molecule has 6 heteroatoms. The lowest BCUT2D eigenvalue weighted by Gasteiger charge is -2.17. The number of fused-ring (bicyclic) bond motifs is 1. The van der Waals surface area contributed by atoms with Crippen LogP contribution in [0, 0.1) is 0 Å². The van der Waals surface area contributed by atoms with Gasteiger partial charge in [0.05, 0.1) is 6.04 Å². The third kappa shape index (κ3) is 3.26. The molecule has 3 rings (SSSR count). The van der Waals surface area contributed by atoms with Crippen molar-refractivity contribution < 1.29 is 9.59 Å². The number of aromatic nitrogens is 1. The molecule has 0 saturated heterocycles. The molecule has 1 amide bonds. The first-order chi connectivity index (χ1) is 11.5. The van der Waals surface area contributed by atoms with Gasteiger partial charge >= 0.3 is 0 Å². The van der Waals surface area contributed by atoms with Crippen LogP contribution in [0.3, 0.4) is 0 Å². The molecule has 1 aliphatic rings. The molecule has 1 aromatic carbocycles. The van der Waals surface area contributed by atoms with Crippen molar-refractivity contribution in [3.8, 4) is 0 Å². The molecule has 2 aromatic rings. The first kappa shape index (κ1) is 16.5. The van der Waals surface area contributed by atoms with Crippen molar-refractivity contribution in [3.05, 3.63) is 68.1 Å². The monoisotopic (exact) mass is 344 g/mol. The van der Waals surface area contributed by atoms with Gasteiger partial charge in [0.25, 0.3) is 11.5 Å². The van der Waals surface area contributed by atoms with E-state index in [-0.39, 0.29) is 17.4 Å². The van der Waals surface area contributed by atoms with Crippen LogP contribution in [0.25, 0.3) is 0 Å². The van der Waals surface area contributed by atoms with E-state index in [1.54, 1.807) is 25.1 Å². The summed E-state index contributed by atoms with van der Waals surface area (Å²) in [7, 11) is 0. The molecule has 1 unspecified atom stereocenters. The van der Waals surface area contributed by atoms with Gasteiger partial charge in [-0.1, -0.05) is 23.7 Å². The van der Waals surface area contributed by atoms with Crippen LogP contribution in [0.5, 0.6) is 0 Å². The van der Waals surface area contributed by atoms with Crippen LogP contribution in [0.2, 0.25) is 5.02 Å². The summed E-state index contributed by atoms with van der Waals surface area (Å²) >= 11 is 5.96. The highest BCUT2D eigenvalue weighted by atomic mass is 35.5. The molecule has 0 bridgehead atoms. The molecule has 1 atom stereocenters. The summed E-state index contributed by atoms with van der Waals surface area (Å²) in [5.41, 5.74) is 1.38. The van der Waals surface area contributed by atoms with Crippen LogP contribution in [0.1, 0.15) is 57.8 Å². The fourth-order valence-corrected chi connectivity index (χ4v) is 3.08. The highest BCUT2D eigenvalue weighted by Gasteiger charge is 2.22. The predicted octanol–water partition coefficient (Wildman–Crippen LogP) is 3.04. The molecule has 1 aromatic heterocycles. The van der Waals surface area contributed by atoms with Gasteiger partial charge in [-0.15, -0.1) is 0 Å². The Balaban J connectivity index is 1.86. The van der Waals surface area contributed by atoms with Gasteiger partial charge in [-0.2, -0.15) is 0 Å². The number of Topliss-reactive ketones (excluding diaryl/α,β-unsaturated/α-hetero) is 1.